The van der Waals surface area contributed by atoms with Crippen molar-refractivity contribution in [1.29, 1.82) is 0 Å². The molecule has 4 rings (SSSR count). The van der Waals surface area contributed by atoms with Gasteiger partial charge < -0.3 is 14.2 Å². The Morgan fingerprint density at radius 1 is 1.33 bits per heavy atom. The highest BCUT2D eigenvalue weighted by Crippen LogP contribution is 2.33. The Morgan fingerprint density at radius 3 is 2.93 bits per heavy atom. The summed E-state index contributed by atoms with van der Waals surface area (Å²) in [6.45, 7) is 6.81. The van der Waals surface area contributed by atoms with Gasteiger partial charge in [0.25, 0.3) is 5.91 Å². The molecule has 0 saturated heterocycles. The van der Waals surface area contributed by atoms with E-state index in [1.165, 1.54) is 0 Å². The van der Waals surface area contributed by atoms with Crippen molar-refractivity contribution < 1.29 is 14.1 Å². The van der Waals surface area contributed by atoms with E-state index in [1.54, 1.807) is 18.3 Å². The number of aryl methyl sites for hydroxylation is 3. The van der Waals surface area contributed by atoms with Gasteiger partial charge in [-0.25, -0.2) is 0 Å². The molecule has 140 valence electrons. The van der Waals surface area contributed by atoms with E-state index in [4.69, 9.17) is 9.26 Å². The molecule has 5 nitrogen and oxygen atoms in total. The number of thiophene rings is 1. The highest BCUT2D eigenvalue weighted by Gasteiger charge is 2.31. The average Bonchev–Trinajstić information content (AvgIpc) is 3.27. The van der Waals surface area contributed by atoms with Crippen LogP contribution in [0.4, 0.5) is 0 Å². The van der Waals surface area contributed by atoms with Gasteiger partial charge in [0.15, 0.2) is 0 Å². The monoisotopic (exact) mass is 382 g/mol. The van der Waals surface area contributed by atoms with Gasteiger partial charge in [0.1, 0.15) is 23.2 Å². The van der Waals surface area contributed by atoms with Crippen LogP contribution in [0.15, 0.2) is 39.5 Å². The second kappa shape index (κ2) is 7.19. The lowest BCUT2D eigenvalue weighted by molar-refractivity contribution is 0.0675. The number of carbonyl (C=O) groups is 1. The molecule has 1 aromatic carbocycles. The Morgan fingerprint density at radius 2 is 2.19 bits per heavy atom. The maximum Gasteiger partial charge on any atom is 0.259 e. The first-order chi connectivity index (χ1) is 13.1. The van der Waals surface area contributed by atoms with Crippen LogP contribution in [0.25, 0.3) is 0 Å². The number of benzene rings is 1. The molecule has 3 aromatic rings. The van der Waals surface area contributed by atoms with E-state index in [0.29, 0.717) is 36.5 Å². The second-order valence-electron chi connectivity index (χ2n) is 6.87. The minimum absolute atomic E-state index is 0.0521. The fourth-order valence-electron chi connectivity index (χ4n) is 3.49. The van der Waals surface area contributed by atoms with E-state index in [9.17, 15) is 4.79 Å². The number of fused-ring (bicyclic) bond motifs is 1. The van der Waals surface area contributed by atoms with Crippen LogP contribution in [-0.4, -0.2) is 22.5 Å². The lowest BCUT2D eigenvalue weighted by atomic mass is 10.1. The van der Waals surface area contributed by atoms with Crippen LogP contribution in [0.2, 0.25) is 0 Å². The molecule has 0 fully saturated rings. The van der Waals surface area contributed by atoms with Gasteiger partial charge in [-0.05, 0) is 43.2 Å². The molecule has 6 heteroatoms. The maximum absolute atomic E-state index is 13.4. The zero-order chi connectivity index (χ0) is 19.0. The Balaban J connectivity index is 1.74. The van der Waals surface area contributed by atoms with Gasteiger partial charge >= 0.3 is 0 Å². The van der Waals surface area contributed by atoms with E-state index in [2.05, 4.69) is 22.7 Å². The SMILES string of the molecule is CCc1noc(C)c1C(=O)N1Cc2cc(C)ccc2O[C@@H](c2ccsc2)C1. The van der Waals surface area contributed by atoms with Gasteiger partial charge in [0.05, 0.1) is 12.2 Å². The quantitative estimate of drug-likeness (QED) is 0.659. The Bertz CT molecular complexity index is 962. The molecule has 2 aromatic heterocycles. The summed E-state index contributed by atoms with van der Waals surface area (Å²) in [5, 5.41) is 8.16. The summed E-state index contributed by atoms with van der Waals surface area (Å²) in [5.41, 5.74) is 4.54. The minimum atomic E-state index is -0.200. The summed E-state index contributed by atoms with van der Waals surface area (Å²) >= 11 is 1.63. The molecule has 1 atom stereocenters. The largest absolute Gasteiger partial charge is 0.483 e. The molecule has 0 aliphatic carbocycles. The fraction of sp³-hybridized carbons (Fsp3) is 0.333. The first-order valence-corrected chi connectivity index (χ1v) is 10.0. The van der Waals surface area contributed by atoms with Gasteiger partial charge in [-0.3, -0.25) is 4.79 Å². The van der Waals surface area contributed by atoms with Crippen molar-refractivity contribution in [3.63, 3.8) is 0 Å². The molecular weight excluding hydrogens is 360 g/mol. The predicted molar refractivity (Wildman–Crippen MR) is 104 cm³/mol. The van der Waals surface area contributed by atoms with Crippen molar-refractivity contribution in [2.24, 2.45) is 0 Å². The highest BCUT2D eigenvalue weighted by molar-refractivity contribution is 7.07. The van der Waals surface area contributed by atoms with Gasteiger partial charge in [-0.1, -0.05) is 29.8 Å². The fourth-order valence-corrected chi connectivity index (χ4v) is 4.19. The topological polar surface area (TPSA) is 55.6 Å². The van der Waals surface area contributed by atoms with Crippen LogP contribution in [0.3, 0.4) is 0 Å². The average molecular weight is 382 g/mol. The van der Waals surface area contributed by atoms with E-state index < -0.39 is 0 Å². The van der Waals surface area contributed by atoms with Crippen molar-refractivity contribution in [2.45, 2.75) is 39.8 Å². The van der Waals surface area contributed by atoms with Crippen LogP contribution < -0.4 is 4.74 Å². The van der Waals surface area contributed by atoms with Gasteiger partial charge in [-0.15, -0.1) is 0 Å². The van der Waals surface area contributed by atoms with E-state index in [0.717, 1.165) is 22.4 Å². The van der Waals surface area contributed by atoms with Crippen LogP contribution in [-0.2, 0) is 13.0 Å². The number of nitrogens with zero attached hydrogens (tertiary/aromatic N) is 2. The number of ether oxygens (including phenoxy) is 1. The molecule has 1 aliphatic rings. The molecule has 3 heterocycles. The summed E-state index contributed by atoms with van der Waals surface area (Å²) in [6, 6.07) is 8.19. The normalized spacial score (nSPS) is 16.6. The number of amides is 1. The summed E-state index contributed by atoms with van der Waals surface area (Å²) in [5.74, 6) is 1.35. The number of hydrogen-bond acceptors (Lipinski definition) is 5. The third kappa shape index (κ3) is 3.37. The number of aromatic nitrogens is 1. The van der Waals surface area contributed by atoms with Crippen molar-refractivity contribution in [2.75, 3.05) is 6.54 Å². The summed E-state index contributed by atoms with van der Waals surface area (Å²) in [4.78, 5) is 15.3. The molecule has 1 amide bonds. The summed E-state index contributed by atoms with van der Waals surface area (Å²) in [7, 11) is 0. The molecule has 0 bridgehead atoms. The van der Waals surface area contributed by atoms with E-state index in [-0.39, 0.29) is 12.0 Å². The Labute approximate surface area is 162 Å². The van der Waals surface area contributed by atoms with Gasteiger partial charge in [-0.2, -0.15) is 11.3 Å². The zero-order valence-electron chi connectivity index (χ0n) is 15.7. The minimum Gasteiger partial charge on any atom is -0.483 e. The number of carbonyl (C=O) groups excluding carboxylic acids is 1. The molecular formula is C21H22N2O3S. The number of rotatable bonds is 3. The molecule has 0 radical (unpaired) electrons. The highest BCUT2D eigenvalue weighted by atomic mass is 32.1. The van der Waals surface area contributed by atoms with Gasteiger partial charge in [0, 0.05) is 17.7 Å². The number of hydrogen-bond donors (Lipinski definition) is 0. The molecule has 0 unspecified atom stereocenters. The van der Waals surface area contributed by atoms with Gasteiger partial charge in [0.2, 0.25) is 0 Å². The standard InChI is InChI=1S/C21H22N2O3S/c1-4-17-20(14(3)26-22-17)21(24)23-10-16-9-13(2)5-6-18(16)25-19(11-23)15-7-8-27-12-15/h5-9,12,19H,4,10-11H2,1-3H3/t19-/m1/s1. The van der Waals surface area contributed by atoms with Crippen LogP contribution >= 0.6 is 11.3 Å². The summed E-state index contributed by atoms with van der Waals surface area (Å²) < 4.78 is 11.6. The van der Waals surface area contributed by atoms with Crippen LogP contribution in [0.5, 0.6) is 5.75 Å². The Kier molecular flexibility index (Phi) is 4.74. The molecule has 1 aliphatic heterocycles. The second-order valence-corrected chi connectivity index (χ2v) is 7.65. The third-order valence-corrected chi connectivity index (χ3v) is 5.62. The first kappa shape index (κ1) is 17.8. The summed E-state index contributed by atoms with van der Waals surface area (Å²) in [6.07, 6.45) is 0.460. The molecule has 0 N–H and O–H groups in total. The first-order valence-electron chi connectivity index (χ1n) is 9.09. The Hall–Kier alpha value is -2.60. The molecule has 0 spiro atoms. The molecule has 0 saturated carbocycles. The lowest BCUT2D eigenvalue weighted by Gasteiger charge is -2.24. The predicted octanol–water partition coefficient (Wildman–Crippen LogP) is 4.69. The smallest absolute Gasteiger partial charge is 0.259 e. The van der Waals surface area contributed by atoms with Crippen LogP contribution in [0.1, 0.15) is 51.5 Å². The third-order valence-electron chi connectivity index (χ3n) is 4.92. The van der Waals surface area contributed by atoms with Crippen molar-refractivity contribution in [3.8, 4) is 5.75 Å². The molecule has 27 heavy (non-hydrogen) atoms. The zero-order valence-corrected chi connectivity index (χ0v) is 16.5. The van der Waals surface area contributed by atoms with Crippen LogP contribution in [0, 0.1) is 13.8 Å². The maximum atomic E-state index is 13.4. The van der Waals surface area contributed by atoms with Crippen molar-refractivity contribution >= 4 is 17.2 Å². The lowest BCUT2D eigenvalue weighted by Crippen LogP contribution is -2.34. The van der Waals surface area contributed by atoms with Crippen molar-refractivity contribution in [3.05, 3.63) is 68.7 Å². The van der Waals surface area contributed by atoms with E-state index >= 15 is 0 Å². The van der Waals surface area contributed by atoms with Crippen molar-refractivity contribution in [1.82, 2.24) is 10.1 Å². The van der Waals surface area contributed by atoms with E-state index in [1.807, 2.05) is 36.3 Å².